The molecule has 6 heteroatoms. The van der Waals surface area contributed by atoms with Gasteiger partial charge in [0.05, 0.1) is 10.6 Å². The van der Waals surface area contributed by atoms with Crippen LogP contribution in [0.3, 0.4) is 0 Å². The zero-order valence-electron chi connectivity index (χ0n) is 14.5. The molecule has 5 rings (SSSR count). The van der Waals surface area contributed by atoms with Gasteiger partial charge in [-0.15, -0.1) is 11.3 Å². The first-order valence-electron chi connectivity index (χ1n) is 8.82. The van der Waals surface area contributed by atoms with Crippen molar-refractivity contribution in [1.82, 2.24) is 15.2 Å². The number of nitrogens with one attached hydrogen (secondary N) is 1. The summed E-state index contributed by atoms with van der Waals surface area (Å²) in [6, 6.07) is 7.17. The van der Waals surface area contributed by atoms with Gasteiger partial charge in [0.2, 0.25) is 0 Å². The van der Waals surface area contributed by atoms with Gasteiger partial charge in [0.15, 0.2) is 5.01 Å². The fraction of sp³-hybridized carbons (Fsp3) is 0.474. The van der Waals surface area contributed by atoms with Gasteiger partial charge >= 0.3 is 0 Å². The maximum atomic E-state index is 14.1. The van der Waals surface area contributed by atoms with Crippen LogP contribution in [0.4, 0.5) is 4.39 Å². The molecule has 25 heavy (non-hydrogen) atoms. The van der Waals surface area contributed by atoms with Crippen molar-refractivity contribution in [3.05, 3.63) is 40.8 Å². The average molecular weight is 359 g/mol. The van der Waals surface area contributed by atoms with E-state index in [4.69, 9.17) is 0 Å². The van der Waals surface area contributed by atoms with E-state index in [0.29, 0.717) is 28.2 Å². The largest absolute Gasteiger partial charge is 0.345 e. The first-order chi connectivity index (χ1) is 12.0. The number of piperidine rings is 3. The monoisotopic (exact) mass is 359 g/mol. The summed E-state index contributed by atoms with van der Waals surface area (Å²) in [4.78, 5) is 20.3. The Hall–Kier alpha value is -1.79. The maximum absolute atomic E-state index is 14.1. The van der Waals surface area contributed by atoms with Crippen LogP contribution in [0.1, 0.15) is 35.3 Å². The molecule has 4 heterocycles. The van der Waals surface area contributed by atoms with E-state index in [1.54, 1.807) is 18.2 Å². The molecule has 2 aromatic rings. The van der Waals surface area contributed by atoms with Gasteiger partial charge in [-0.2, -0.15) is 0 Å². The van der Waals surface area contributed by atoms with Crippen molar-refractivity contribution in [1.29, 1.82) is 0 Å². The lowest BCUT2D eigenvalue weighted by Crippen LogP contribution is -2.62. The highest BCUT2D eigenvalue weighted by Gasteiger charge is 2.40. The molecule has 1 aromatic heterocycles. The summed E-state index contributed by atoms with van der Waals surface area (Å²) in [5.74, 6) is 0.129. The van der Waals surface area contributed by atoms with Gasteiger partial charge in [-0.1, -0.05) is 18.2 Å². The number of carbonyl (C=O) groups is 1. The van der Waals surface area contributed by atoms with E-state index in [9.17, 15) is 9.18 Å². The molecule has 2 bridgehead atoms. The zero-order valence-corrected chi connectivity index (χ0v) is 15.3. The highest BCUT2D eigenvalue weighted by molar-refractivity contribution is 7.17. The van der Waals surface area contributed by atoms with Crippen molar-refractivity contribution in [2.75, 3.05) is 13.1 Å². The highest BCUT2D eigenvalue weighted by atomic mass is 32.1. The molecule has 0 saturated carbocycles. The number of nitrogens with zero attached hydrogens (tertiary/aromatic N) is 2. The molecule has 3 aliphatic rings. The molecule has 0 radical (unpaired) electrons. The molecule has 3 saturated heterocycles. The van der Waals surface area contributed by atoms with Crippen LogP contribution in [0.5, 0.6) is 0 Å². The molecule has 1 aromatic carbocycles. The second-order valence-corrected chi connectivity index (χ2v) is 8.03. The van der Waals surface area contributed by atoms with Gasteiger partial charge in [-0.25, -0.2) is 9.37 Å². The zero-order chi connectivity index (χ0) is 17.6. The van der Waals surface area contributed by atoms with Gasteiger partial charge in [-0.3, -0.25) is 9.69 Å². The standard InChI is InChI=1S/C19H22FN3OS/c1-11-17(14-5-3-4-6-15(14)20)25-19(21-11)18(24)22-16-12(2)23-9-7-13(16)8-10-23/h3-6,12-13,16H,7-10H2,1-2H3,(H,22,24). The lowest BCUT2D eigenvalue weighted by molar-refractivity contribution is 0.0217. The quantitative estimate of drug-likeness (QED) is 0.913. The predicted octanol–water partition coefficient (Wildman–Crippen LogP) is 3.47. The summed E-state index contributed by atoms with van der Waals surface area (Å²) >= 11 is 1.27. The van der Waals surface area contributed by atoms with Crippen LogP contribution in [0.2, 0.25) is 0 Å². The minimum atomic E-state index is -0.285. The Balaban J connectivity index is 1.56. The number of hydrogen-bond donors (Lipinski definition) is 1. The summed E-state index contributed by atoms with van der Waals surface area (Å²) in [5.41, 5.74) is 1.20. The lowest BCUT2D eigenvalue weighted by atomic mass is 9.79. The number of carbonyl (C=O) groups excluding carboxylic acids is 1. The average Bonchev–Trinajstić information content (AvgIpc) is 3.00. The summed E-state index contributed by atoms with van der Waals surface area (Å²) in [7, 11) is 0. The number of benzene rings is 1. The van der Waals surface area contributed by atoms with Gasteiger partial charge < -0.3 is 5.32 Å². The molecular weight excluding hydrogens is 337 g/mol. The lowest BCUT2D eigenvalue weighted by Gasteiger charge is -2.49. The highest BCUT2D eigenvalue weighted by Crippen LogP contribution is 2.34. The minimum Gasteiger partial charge on any atom is -0.345 e. The molecule has 2 atom stereocenters. The molecule has 0 spiro atoms. The first kappa shape index (κ1) is 16.7. The molecule has 3 aliphatic heterocycles. The topological polar surface area (TPSA) is 45.2 Å². The second kappa shape index (κ2) is 6.50. The molecule has 3 fully saturated rings. The molecule has 0 aliphatic carbocycles. The van der Waals surface area contributed by atoms with E-state index >= 15 is 0 Å². The maximum Gasteiger partial charge on any atom is 0.280 e. The van der Waals surface area contributed by atoms with Crippen LogP contribution < -0.4 is 5.32 Å². The van der Waals surface area contributed by atoms with Crippen molar-refractivity contribution in [2.24, 2.45) is 5.92 Å². The predicted molar refractivity (Wildman–Crippen MR) is 97.3 cm³/mol. The number of amides is 1. The van der Waals surface area contributed by atoms with E-state index in [2.05, 4.69) is 22.1 Å². The Bertz CT molecular complexity index is 796. The van der Waals surface area contributed by atoms with E-state index in [-0.39, 0.29) is 17.8 Å². The molecule has 132 valence electrons. The third-order valence-corrected chi connectivity index (χ3v) is 6.77. The number of thiazole rings is 1. The van der Waals surface area contributed by atoms with Gasteiger partial charge in [-0.05, 0) is 51.8 Å². The number of hydrogen-bond acceptors (Lipinski definition) is 4. The van der Waals surface area contributed by atoms with Crippen molar-refractivity contribution < 1.29 is 9.18 Å². The molecule has 1 amide bonds. The van der Waals surface area contributed by atoms with E-state index < -0.39 is 0 Å². The van der Waals surface area contributed by atoms with Crippen molar-refractivity contribution in [3.63, 3.8) is 0 Å². The number of fused-ring (bicyclic) bond motifs is 3. The fourth-order valence-corrected chi connectivity index (χ4v) is 5.14. The molecular formula is C19H22FN3OS. The van der Waals surface area contributed by atoms with Crippen molar-refractivity contribution >= 4 is 17.2 Å². The van der Waals surface area contributed by atoms with E-state index in [1.807, 2.05) is 6.92 Å². The summed E-state index contributed by atoms with van der Waals surface area (Å²) < 4.78 is 14.1. The third kappa shape index (κ3) is 2.98. The fourth-order valence-electron chi connectivity index (χ4n) is 4.15. The Morgan fingerprint density at radius 2 is 2.04 bits per heavy atom. The van der Waals surface area contributed by atoms with Crippen molar-refractivity contribution in [3.8, 4) is 10.4 Å². The van der Waals surface area contributed by atoms with Crippen LogP contribution in [0.15, 0.2) is 24.3 Å². The van der Waals surface area contributed by atoms with Crippen LogP contribution in [-0.2, 0) is 0 Å². The van der Waals surface area contributed by atoms with Gasteiger partial charge in [0.1, 0.15) is 5.82 Å². The molecule has 1 N–H and O–H groups in total. The van der Waals surface area contributed by atoms with Crippen LogP contribution in [0, 0.1) is 18.7 Å². The van der Waals surface area contributed by atoms with Crippen LogP contribution >= 0.6 is 11.3 Å². The third-order valence-electron chi connectivity index (χ3n) is 5.58. The Morgan fingerprint density at radius 3 is 2.72 bits per heavy atom. The van der Waals surface area contributed by atoms with Crippen molar-refractivity contribution in [2.45, 2.75) is 38.8 Å². The van der Waals surface area contributed by atoms with Crippen LogP contribution in [-0.4, -0.2) is 41.0 Å². The van der Waals surface area contributed by atoms with Crippen LogP contribution in [0.25, 0.3) is 10.4 Å². The number of halogens is 1. The Morgan fingerprint density at radius 1 is 1.32 bits per heavy atom. The Labute approximate surface area is 151 Å². The number of aromatic nitrogens is 1. The second-order valence-electron chi connectivity index (χ2n) is 7.03. The first-order valence-corrected chi connectivity index (χ1v) is 9.63. The van der Waals surface area contributed by atoms with Gasteiger partial charge in [0, 0.05) is 17.6 Å². The number of rotatable bonds is 3. The normalized spacial score (nSPS) is 28.1. The van der Waals surface area contributed by atoms with Gasteiger partial charge in [0.25, 0.3) is 5.91 Å². The van der Waals surface area contributed by atoms with E-state index in [0.717, 1.165) is 30.8 Å². The summed E-state index contributed by atoms with van der Waals surface area (Å²) in [5, 5.41) is 3.61. The SMILES string of the molecule is Cc1nc(C(=O)NC2C3CCN(CC3)C2C)sc1-c1ccccc1F. The minimum absolute atomic E-state index is 0.138. The Kier molecular flexibility index (Phi) is 4.33. The molecule has 2 unspecified atom stereocenters. The summed E-state index contributed by atoms with van der Waals surface area (Å²) in [6.07, 6.45) is 2.29. The number of aryl methyl sites for hydroxylation is 1. The summed E-state index contributed by atoms with van der Waals surface area (Å²) in [6.45, 7) is 6.28. The van der Waals surface area contributed by atoms with E-state index in [1.165, 1.54) is 17.4 Å². The smallest absolute Gasteiger partial charge is 0.280 e. The molecule has 4 nitrogen and oxygen atoms in total.